The first-order chi connectivity index (χ1) is 9.82. The Hall–Kier alpha value is -1.40. The second-order valence-electron chi connectivity index (χ2n) is 5.32. The van der Waals surface area contributed by atoms with Gasteiger partial charge in [0.1, 0.15) is 0 Å². The van der Waals surface area contributed by atoms with Crippen molar-refractivity contribution in [3.63, 3.8) is 0 Å². The van der Waals surface area contributed by atoms with E-state index in [0.29, 0.717) is 24.4 Å². The molecule has 0 N–H and O–H groups in total. The van der Waals surface area contributed by atoms with Gasteiger partial charge in [-0.05, 0) is 37.1 Å². The molecule has 1 heterocycles. The maximum Gasteiger partial charge on any atom is 0.243 e. The first kappa shape index (κ1) is 16.0. The van der Waals surface area contributed by atoms with Gasteiger partial charge in [0, 0.05) is 31.7 Å². The highest BCUT2D eigenvalue weighted by molar-refractivity contribution is 7.89. The Bertz CT molecular complexity index is 651. The summed E-state index contributed by atoms with van der Waals surface area (Å²) in [7, 11) is -3.45. The summed E-state index contributed by atoms with van der Waals surface area (Å²) in [6.07, 6.45) is 0.691. The normalized spacial score (nSPS) is 18.1. The van der Waals surface area contributed by atoms with Crippen LogP contribution in [0.25, 0.3) is 0 Å². The quantitative estimate of drug-likeness (QED) is 0.855. The van der Waals surface area contributed by atoms with Crippen molar-refractivity contribution in [3.05, 3.63) is 23.8 Å². The van der Waals surface area contributed by atoms with E-state index in [0.717, 1.165) is 11.3 Å². The van der Waals surface area contributed by atoms with Crippen LogP contribution in [-0.2, 0) is 21.2 Å². The number of benzene rings is 1. The Morgan fingerprint density at radius 3 is 2.48 bits per heavy atom. The highest BCUT2D eigenvalue weighted by Gasteiger charge is 2.31. The minimum absolute atomic E-state index is 0.0133. The van der Waals surface area contributed by atoms with Crippen LogP contribution >= 0.6 is 0 Å². The van der Waals surface area contributed by atoms with Gasteiger partial charge in [-0.1, -0.05) is 13.8 Å². The second-order valence-corrected chi connectivity index (χ2v) is 7.26. The zero-order chi connectivity index (χ0) is 15.8. The van der Waals surface area contributed by atoms with Gasteiger partial charge in [0.25, 0.3) is 0 Å². The number of fused-ring (bicyclic) bond motifs is 1. The first-order valence-electron chi connectivity index (χ1n) is 7.25. The molecule has 1 aromatic carbocycles. The fourth-order valence-electron chi connectivity index (χ4n) is 2.96. The Morgan fingerprint density at radius 1 is 1.33 bits per heavy atom. The molecule has 0 saturated carbocycles. The molecule has 0 bridgehead atoms. The molecule has 1 aliphatic heterocycles. The van der Waals surface area contributed by atoms with Crippen molar-refractivity contribution in [1.82, 2.24) is 4.31 Å². The summed E-state index contributed by atoms with van der Waals surface area (Å²) < 4.78 is 26.5. The Balaban J connectivity index is 2.45. The van der Waals surface area contributed by atoms with E-state index in [1.807, 2.05) is 20.8 Å². The molecule has 0 saturated heterocycles. The number of rotatable bonds is 4. The third-order valence-electron chi connectivity index (χ3n) is 3.95. The fraction of sp³-hybridized carbons (Fsp3) is 0.533. The Morgan fingerprint density at radius 2 is 1.95 bits per heavy atom. The zero-order valence-corrected chi connectivity index (χ0v) is 13.8. The molecule has 1 atom stereocenters. The molecule has 1 aliphatic rings. The smallest absolute Gasteiger partial charge is 0.243 e. The average Bonchev–Trinajstić information content (AvgIpc) is 2.74. The maximum absolute atomic E-state index is 12.5. The van der Waals surface area contributed by atoms with Crippen LogP contribution < -0.4 is 4.90 Å². The van der Waals surface area contributed by atoms with Crippen LogP contribution in [0.3, 0.4) is 0 Å². The molecule has 0 fully saturated rings. The lowest BCUT2D eigenvalue weighted by molar-refractivity contribution is -0.116. The highest BCUT2D eigenvalue weighted by Crippen LogP contribution is 2.34. The predicted octanol–water partition coefficient (Wildman–Crippen LogP) is 2.01. The SMILES string of the molecule is CCN(CC)S(=O)(=O)c1ccc2c(c1)CC(C)N2C(C)=O. The zero-order valence-electron chi connectivity index (χ0n) is 13.0. The number of hydrogen-bond donors (Lipinski definition) is 0. The number of nitrogens with zero attached hydrogens (tertiary/aromatic N) is 2. The van der Waals surface area contributed by atoms with Crippen molar-refractivity contribution < 1.29 is 13.2 Å². The molecule has 0 radical (unpaired) electrons. The molecule has 0 aliphatic carbocycles. The Labute approximate surface area is 126 Å². The maximum atomic E-state index is 12.5. The van der Waals surface area contributed by atoms with Crippen LogP contribution in [0.2, 0.25) is 0 Å². The van der Waals surface area contributed by atoms with Crippen molar-refractivity contribution >= 4 is 21.6 Å². The molecule has 2 rings (SSSR count). The van der Waals surface area contributed by atoms with Crippen molar-refractivity contribution in [2.45, 2.75) is 45.1 Å². The first-order valence-corrected chi connectivity index (χ1v) is 8.69. The van der Waals surface area contributed by atoms with E-state index in [1.165, 1.54) is 11.2 Å². The Kier molecular flexibility index (Phi) is 4.39. The monoisotopic (exact) mass is 310 g/mol. The standard InChI is InChI=1S/C15H22N2O3S/c1-5-16(6-2)21(19,20)14-7-8-15-13(10-14)9-11(3)17(15)12(4)18/h7-8,10-11H,5-6,9H2,1-4H3. The van der Waals surface area contributed by atoms with Crippen LogP contribution in [0.4, 0.5) is 5.69 Å². The van der Waals surface area contributed by atoms with E-state index in [4.69, 9.17) is 0 Å². The number of carbonyl (C=O) groups excluding carboxylic acids is 1. The van der Waals surface area contributed by atoms with Gasteiger partial charge >= 0.3 is 0 Å². The van der Waals surface area contributed by atoms with Crippen molar-refractivity contribution in [2.24, 2.45) is 0 Å². The van der Waals surface area contributed by atoms with Crippen LogP contribution in [0.5, 0.6) is 0 Å². The van der Waals surface area contributed by atoms with E-state index in [1.54, 1.807) is 23.1 Å². The average molecular weight is 310 g/mol. The number of sulfonamides is 1. The highest BCUT2D eigenvalue weighted by atomic mass is 32.2. The molecule has 1 unspecified atom stereocenters. The van der Waals surface area contributed by atoms with Gasteiger partial charge in [0.2, 0.25) is 15.9 Å². The van der Waals surface area contributed by atoms with Gasteiger partial charge in [-0.3, -0.25) is 4.79 Å². The van der Waals surface area contributed by atoms with Crippen LogP contribution in [0.15, 0.2) is 23.1 Å². The summed E-state index contributed by atoms with van der Waals surface area (Å²) in [4.78, 5) is 13.7. The van der Waals surface area contributed by atoms with Crippen molar-refractivity contribution in [1.29, 1.82) is 0 Å². The van der Waals surface area contributed by atoms with Gasteiger partial charge in [-0.2, -0.15) is 4.31 Å². The minimum Gasteiger partial charge on any atom is -0.309 e. The second kappa shape index (κ2) is 5.77. The number of hydrogen-bond acceptors (Lipinski definition) is 3. The lowest BCUT2D eigenvalue weighted by Gasteiger charge is -2.21. The summed E-state index contributed by atoms with van der Waals surface area (Å²) >= 11 is 0. The van der Waals surface area contributed by atoms with Crippen LogP contribution in [0, 0.1) is 0 Å². The summed E-state index contributed by atoms with van der Waals surface area (Å²) in [5.74, 6) is -0.0133. The van der Waals surface area contributed by atoms with E-state index in [-0.39, 0.29) is 11.9 Å². The summed E-state index contributed by atoms with van der Waals surface area (Å²) in [6.45, 7) is 8.06. The number of amides is 1. The van der Waals surface area contributed by atoms with Gasteiger partial charge in [0.05, 0.1) is 4.90 Å². The minimum atomic E-state index is -3.45. The van der Waals surface area contributed by atoms with Crippen LogP contribution in [-0.4, -0.2) is 37.8 Å². The lowest BCUT2D eigenvalue weighted by atomic mass is 10.1. The fourth-order valence-corrected chi connectivity index (χ4v) is 4.47. The molecule has 1 aromatic rings. The lowest BCUT2D eigenvalue weighted by Crippen LogP contribution is -2.33. The van der Waals surface area contributed by atoms with Crippen molar-refractivity contribution in [3.8, 4) is 0 Å². The molecule has 0 spiro atoms. The number of carbonyl (C=O) groups is 1. The van der Waals surface area contributed by atoms with Gasteiger partial charge in [0.15, 0.2) is 0 Å². The van der Waals surface area contributed by atoms with Gasteiger partial charge < -0.3 is 4.90 Å². The van der Waals surface area contributed by atoms with E-state index < -0.39 is 10.0 Å². The molecule has 6 heteroatoms. The predicted molar refractivity (Wildman–Crippen MR) is 82.9 cm³/mol. The third-order valence-corrected chi connectivity index (χ3v) is 5.99. The molecule has 0 aromatic heterocycles. The molecule has 5 nitrogen and oxygen atoms in total. The summed E-state index contributed by atoms with van der Waals surface area (Å²) in [5.41, 5.74) is 1.75. The topological polar surface area (TPSA) is 57.7 Å². The van der Waals surface area contributed by atoms with Crippen molar-refractivity contribution in [2.75, 3.05) is 18.0 Å². The largest absolute Gasteiger partial charge is 0.309 e. The molecule has 116 valence electrons. The molecular weight excluding hydrogens is 288 g/mol. The van der Waals surface area contributed by atoms with E-state index in [2.05, 4.69) is 0 Å². The summed E-state index contributed by atoms with van der Waals surface area (Å²) in [6, 6.07) is 5.13. The number of anilines is 1. The van der Waals surface area contributed by atoms with Crippen LogP contribution in [0.1, 0.15) is 33.3 Å². The van der Waals surface area contributed by atoms with Gasteiger partial charge in [-0.25, -0.2) is 8.42 Å². The molecule has 1 amide bonds. The third kappa shape index (κ3) is 2.70. The van der Waals surface area contributed by atoms with Gasteiger partial charge in [-0.15, -0.1) is 0 Å². The van der Waals surface area contributed by atoms with E-state index >= 15 is 0 Å². The molecular formula is C15H22N2O3S. The van der Waals surface area contributed by atoms with E-state index in [9.17, 15) is 13.2 Å². The molecule has 21 heavy (non-hydrogen) atoms. The summed E-state index contributed by atoms with van der Waals surface area (Å²) in [5, 5.41) is 0.